The third-order valence-corrected chi connectivity index (χ3v) is 3.54. The quantitative estimate of drug-likeness (QED) is 0.686. The molecule has 0 atom stereocenters. The Bertz CT molecular complexity index is 169. The van der Waals surface area contributed by atoms with Gasteiger partial charge in [-0.1, -0.05) is 13.8 Å². The summed E-state index contributed by atoms with van der Waals surface area (Å²) in [7, 11) is 0. The summed E-state index contributed by atoms with van der Waals surface area (Å²) in [6.07, 6.45) is 2.61. The Morgan fingerprint density at radius 3 is 2.36 bits per heavy atom. The van der Waals surface area contributed by atoms with Gasteiger partial charge in [0.25, 0.3) is 0 Å². The zero-order chi connectivity index (χ0) is 9.97. The van der Waals surface area contributed by atoms with Crippen LogP contribution in [0.3, 0.4) is 0 Å². The molecular formula is C12H23NO. The van der Waals surface area contributed by atoms with Crippen LogP contribution < -0.4 is 0 Å². The standard InChI is InChI=1S/C12H23NO/c1-10(2)7-13-8-12(9-13)11-3-5-14-6-4-11/h10-12H,3-9H2,1-2H3. The fourth-order valence-corrected chi connectivity index (χ4v) is 2.76. The van der Waals surface area contributed by atoms with Crippen LogP contribution in [0.25, 0.3) is 0 Å². The van der Waals surface area contributed by atoms with Gasteiger partial charge in [0.2, 0.25) is 0 Å². The van der Waals surface area contributed by atoms with Crippen molar-refractivity contribution in [3.8, 4) is 0 Å². The summed E-state index contributed by atoms with van der Waals surface area (Å²) >= 11 is 0. The van der Waals surface area contributed by atoms with E-state index in [-0.39, 0.29) is 0 Å². The van der Waals surface area contributed by atoms with Crippen molar-refractivity contribution in [3.63, 3.8) is 0 Å². The molecule has 2 heterocycles. The number of hydrogen-bond donors (Lipinski definition) is 0. The van der Waals surface area contributed by atoms with E-state index in [1.165, 1.54) is 32.5 Å². The normalized spacial score (nSPS) is 26.8. The highest BCUT2D eigenvalue weighted by Crippen LogP contribution is 2.31. The van der Waals surface area contributed by atoms with Crippen molar-refractivity contribution in [2.24, 2.45) is 17.8 Å². The number of likely N-dealkylation sites (tertiary alicyclic amines) is 1. The molecule has 14 heavy (non-hydrogen) atoms. The van der Waals surface area contributed by atoms with Crippen LogP contribution in [-0.4, -0.2) is 37.7 Å². The highest BCUT2D eigenvalue weighted by molar-refractivity contribution is 4.86. The molecule has 0 spiro atoms. The van der Waals surface area contributed by atoms with E-state index in [2.05, 4.69) is 18.7 Å². The Morgan fingerprint density at radius 2 is 1.79 bits per heavy atom. The lowest BCUT2D eigenvalue weighted by Crippen LogP contribution is -2.51. The van der Waals surface area contributed by atoms with Crippen LogP contribution in [0.2, 0.25) is 0 Å². The van der Waals surface area contributed by atoms with E-state index in [0.717, 1.165) is 31.0 Å². The van der Waals surface area contributed by atoms with Gasteiger partial charge in [-0.3, -0.25) is 0 Å². The lowest BCUT2D eigenvalue weighted by Gasteiger charge is -2.45. The second-order valence-corrected chi connectivity index (χ2v) is 5.32. The minimum atomic E-state index is 0.825. The van der Waals surface area contributed by atoms with Crippen LogP contribution >= 0.6 is 0 Å². The molecule has 2 nitrogen and oxygen atoms in total. The molecular weight excluding hydrogens is 174 g/mol. The first-order valence-corrected chi connectivity index (χ1v) is 6.06. The van der Waals surface area contributed by atoms with E-state index in [4.69, 9.17) is 4.74 Å². The predicted octanol–water partition coefficient (Wildman–Crippen LogP) is 2.00. The molecule has 2 rings (SSSR count). The summed E-state index contributed by atoms with van der Waals surface area (Å²) < 4.78 is 5.40. The molecule has 0 aliphatic carbocycles. The van der Waals surface area contributed by atoms with Gasteiger partial charge < -0.3 is 9.64 Å². The minimum absolute atomic E-state index is 0.825. The topological polar surface area (TPSA) is 12.5 Å². The first kappa shape index (κ1) is 10.4. The first-order chi connectivity index (χ1) is 6.75. The van der Waals surface area contributed by atoms with Gasteiger partial charge in [0, 0.05) is 32.8 Å². The Balaban J connectivity index is 1.66. The Hall–Kier alpha value is -0.0800. The van der Waals surface area contributed by atoms with E-state index in [0.29, 0.717) is 0 Å². The summed E-state index contributed by atoms with van der Waals surface area (Å²) in [6, 6.07) is 0. The van der Waals surface area contributed by atoms with Gasteiger partial charge in [0.15, 0.2) is 0 Å². The van der Waals surface area contributed by atoms with Crippen molar-refractivity contribution in [1.82, 2.24) is 4.90 Å². The first-order valence-electron chi connectivity index (χ1n) is 6.06. The van der Waals surface area contributed by atoms with Crippen molar-refractivity contribution in [2.75, 3.05) is 32.8 Å². The molecule has 2 saturated heterocycles. The molecule has 0 aromatic carbocycles. The van der Waals surface area contributed by atoms with Crippen LogP contribution in [0.1, 0.15) is 26.7 Å². The molecule has 2 fully saturated rings. The molecule has 0 saturated carbocycles. The van der Waals surface area contributed by atoms with Crippen LogP contribution in [0.4, 0.5) is 0 Å². The lowest BCUT2D eigenvalue weighted by atomic mass is 9.81. The smallest absolute Gasteiger partial charge is 0.0468 e. The van der Waals surface area contributed by atoms with E-state index < -0.39 is 0 Å². The number of hydrogen-bond acceptors (Lipinski definition) is 2. The highest BCUT2D eigenvalue weighted by atomic mass is 16.5. The minimum Gasteiger partial charge on any atom is -0.381 e. The van der Waals surface area contributed by atoms with Gasteiger partial charge in [-0.25, -0.2) is 0 Å². The number of ether oxygens (including phenoxy) is 1. The van der Waals surface area contributed by atoms with Crippen molar-refractivity contribution in [3.05, 3.63) is 0 Å². The van der Waals surface area contributed by atoms with Gasteiger partial charge in [-0.05, 0) is 30.6 Å². The molecule has 0 bridgehead atoms. The van der Waals surface area contributed by atoms with Gasteiger partial charge in [-0.2, -0.15) is 0 Å². The molecule has 2 aliphatic heterocycles. The molecule has 0 unspecified atom stereocenters. The maximum atomic E-state index is 5.40. The number of nitrogens with zero attached hydrogens (tertiary/aromatic N) is 1. The van der Waals surface area contributed by atoms with Crippen molar-refractivity contribution < 1.29 is 4.74 Å². The van der Waals surface area contributed by atoms with E-state index in [1.807, 2.05) is 0 Å². The average molecular weight is 197 g/mol. The summed E-state index contributed by atoms with van der Waals surface area (Å²) in [5.41, 5.74) is 0. The molecule has 0 N–H and O–H groups in total. The zero-order valence-corrected chi connectivity index (χ0v) is 9.54. The lowest BCUT2D eigenvalue weighted by molar-refractivity contribution is -0.0110. The van der Waals surface area contributed by atoms with Crippen LogP contribution in [0.15, 0.2) is 0 Å². The molecule has 82 valence electrons. The Morgan fingerprint density at radius 1 is 1.14 bits per heavy atom. The second-order valence-electron chi connectivity index (χ2n) is 5.32. The fraction of sp³-hybridized carbons (Fsp3) is 1.00. The summed E-state index contributed by atoms with van der Waals surface area (Å²) in [6.45, 7) is 10.6. The maximum Gasteiger partial charge on any atom is 0.0468 e. The Kier molecular flexibility index (Phi) is 3.45. The third-order valence-electron chi connectivity index (χ3n) is 3.54. The van der Waals surface area contributed by atoms with Gasteiger partial charge in [0.05, 0.1) is 0 Å². The van der Waals surface area contributed by atoms with E-state index >= 15 is 0 Å². The molecule has 2 heteroatoms. The zero-order valence-electron chi connectivity index (χ0n) is 9.54. The average Bonchev–Trinajstić information content (AvgIpc) is 2.12. The van der Waals surface area contributed by atoms with Crippen molar-refractivity contribution in [2.45, 2.75) is 26.7 Å². The largest absolute Gasteiger partial charge is 0.381 e. The summed E-state index contributed by atoms with van der Waals surface area (Å²) in [5.74, 6) is 2.77. The SMILES string of the molecule is CC(C)CN1CC(C2CCOCC2)C1. The Labute approximate surface area is 87.6 Å². The van der Waals surface area contributed by atoms with Crippen LogP contribution in [-0.2, 0) is 4.74 Å². The molecule has 0 aromatic rings. The molecule has 0 radical (unpaired) electrons. The third kappa shape index (κ3) is 2.48. The molecule has 2 aliphatic rings. The predicted molar refractivity (Wildman–Crippen MR) is 58.3 cm³/mol. The monoisotopic (exact) mass is 197 g/mol. The molecule has 0 amide bonds. The maximum absolute atomic E-state index is 5.40. The molecule has 0 aromatic heterocycles. The van der Waals surface area contributed by atoms with Gasteiger partial charge in [-0.15, -0.1) is 0 Å². The number of rotatable bonds is 3. The van der Waals surface area contributed by atoms with Gasteiger partial charge >= 0.3 is 0 Å². The van der Waals surface area contributed by atoms with E-state index in [1.54, 1.807) is 0 Å². The summed E-state index contributed by atoms with van der Waals surface area (Å²) in [5, 5.41) is 0. The van der Waals surface area contributed by atoms with E-state index in [9.17, 15) is 0 Å². The second kappa shape index (κ2) is 4.63. The van der Waals surface area contributed by atoms with Crippen LogP contribution in [0, 0.1) is 17.8 Å². The fourth-order valence-electron chi connectivity index (χ4n) is 2.76. The van der Waals surface area contributed by atoms with Gasteiger partial charge in [0.1, 0.15) is 0 Å². The van der Waals surface area contributed by atoms with Crippen LogP contribution in [0.5, 0.6) is 0 Å². The highest BCUT2D eigenvalue weighted by Gasteiger charge is 2.33. The van der Waals surface area contributed by atoms with Crippen molar-refractivity contribution in [1.29, 1.82) is 0 Å². The summed E-state index contributed by atoms with van der Waals surface area (Å²) in [4.78, 5) is 2.60. The van der Waals surface area contributed by atoms with Crippen molar-refractivity contribution >= 4 is 0 Å².